The molecule has 0 aliphatic carbocycles. The Morgan fingerprint density at radius 1 is 1.56 bits per heavy atom. The maximum atomic E-state index is 4.36. The first-order chi connectivity index (χ1) is 7.81. The van der Waals surface area contributed by atoms with Crippen LogP contribution in [0.3, 0.4) is 0 Å². The van der Waals surface area contributed by atoms with Crippen LogP contribution in [0.4, 0.5) is 11.6 Å². The molecule has 1 saturated heterocycles. The van der Waals surface area contributed by atoms with Crippen molar-refractivity contribution in [3.8, 4) is 0 Å². The van der Waals surface area contributed by atoms with Crippen LogP contribution in [-0.4, -0.2) is 40.6 Å². The zero-order valence-corrected chi connectivity index (χ0v) is 10.6. The topological polar surface area (TPSA) is 41.0 Å². The highest BCUT2D eigenvalue weighted by atomic mass is 32.2. The number of nitrogens with zero attached hydrogens (tertiary/aromatic N) is 3. The van der Waals surface area contributed by atoms with E-state index in [4.69, 9.17) is 0 Å². The summed E-state index contributed by atoms with van der Waals surface area (Å²) in [6.45, 7) is 6.29. The van der Waals surface area contributed by atoms with Crippen LogP contribution in [0.15, 0.2) is 12.4 Å². The first-order valence-corrected chi connectivity index (χ1v) is 6.87. The molecule has 0 spiro atoms. The highest BCUT2D eigenvalue weighted by Crippen LogP contribution is 2.22. The summed E-state index contributed by atoms with van der Waals surface area (Å²) >= 11 is 2.02. The highest BCUT2D eigenvalue weighted by Gasteiger charge is 2.20. The van der Waals surface area contributed by atoms with Crippen molar-refractivity contribution in [3.05, 3.63) is 12.4 Å². The van der Waals surface area contributed by atoms with E-state index in [1.807, 2.05) is 17.8 Å². The van der Waals surface area contributed by atoms with Gasteiger partial charge in [0.1, 0.15) is 18.0 Å². The molecule has 1 aliphatic heterocycles. The lowest BCUT2D eigenvalue weighted by molar-refractivity contribution is 0.688. The van der Waals surface area contributed by atoms with Gasteiger partial charge < -0.3 is 10.2 Å². The molecule has 0 bridgehead atoms. The maximum Gasteiger partial charge on any atom is 0.134 e. The minimum Gasteiger partial charge on any atom is -0.370 e. The van der Waals surface area contributed by atoms with E-state index in [9.17, 15) is 0 Å². The lowest BCUT2D eigenvalue weighted by Crippen LogP contribution is -2.40. The zero-order valence-electron chi connectivity index (χ0n) is 9.81. The zero-order chi connectivity index (χ0) is 11.4. The Bertz CT molecular complexity index is 345. The average molecular weight is 238 g/mol. The number of rotatable bonds is 3. The molecule has 0 amide bonds. The van der Waals surface area contributed by atoms with E-state index in [-0.39, 0.29) is 0 Å². The lowest BCUT2D eigenvalue weighted by Gasteiger charge is -2.34. The molecular weight excluding hydrogens is 220 g/mol. The van der Waals surface area contributed by atoms with Gasteiger partial charge >= 0.3 is 0 Å². The minimum absolute atomic E-state index is 0.558. The van der Waals surface area contributed by atoms with E-state index in [0.717, 1.165) is 24.7 Å². The monoisotopic (exact) mass is 238 g/mol. The van der Waals surface area contributed by atoms with Gasteiger partial charge in [0, 0.05) is 36.7 Å². The first-order valence-electron chi connectivity index (χ1n) is 5.71. The van der Waals surface area contributed by atoms with Gasteiger partial charge in [-0.15, -0.1) is 0 Å². The molecule has 1 aliphatic rings. The van der Waals surface area contributed by atoms with Crippen molar-refractivity contribution in [2.45, 2.75) is 19.9 Å². The third-order valence-corrected chi connectivity index (χ3v) is 3.86. The van der Waals surface area contributed by atoms with Gasteiger partial charge in [-0.25, -0.2) is 9.97 Å². The fourth-order valence-electron chi connectivity index (χ4n) is 1.85. The molecule has 1 N–H and O–H groups in total. The van der Waals surface area contributed by atoms with Crippen LogP contribution in [0.5, 0.6) is 0 Å². The molecule has 1 aromatic rings. The van der Waals surface area contributed by atoms with Crippen molar-refractivity contribution in [2.75, 3.05) is 34.8 Å². The number of nitrogens with one attached hydrogen (secondary N) is 1. The Morgan fingerprint density at radius 3 is 3.19 bits per heavy atom. The summed E-state index contributed by atoms with van der Waals surface area (Å²) in [5.41, 5.74) is 0. The molecule has 0 radical (unpaired) electrons. The predicted octanol–water partition coefficient (Wildman–Crippen LogP) is 1.85. The van der Waals surface area contributed by atoms with E-state index in [1.54, 1.807) is 6.33 Å². The Labute approximate surface area is 101 Å². The molecule has 88 valence electrons. The van der Waals surface area contributed by atoms with Gasteiger partial charge in [-0.05, 0) is 13.8 Å². The van der Waals surface area contributed by atoms with Crippen molar-refractivity contribution in [1.82, 2.24) is 9.97 Å². The van der Waals surface area contributed by atoms with Crippen molar-refractivity contribution in [1.29, 1.82) is 0 Å². The van der Waals surface area contributed by atoms with Crippen molar-refractivity contribution >= 4 is 23.4 Å². The highest BCUT2D eigenvalue weighted by molar-refractivity contribution is 7.99. The lowest BCUT2D eigenvalue weighted by atomic mass is 10.3. The van der Waals surface area contributed by atoms with Crippen LogP contribution in [0.25, 0.3) is 0 Å². The summed E-state index contributed by atoms with van der Waals surface area (Å²) in [4.78, 5) is 10.9. The molecule has 0 saturated carbocycles. The third-order valence-electron chi connectivity index (χ3n) is 2.67. The Hall–Kier alpha value is -0.970. The number of anilines is 2. The van der Waals surface area contributed by atoms with Gasteiger partial charge in [0.25, 0.3) is 0 Å². The second kappa shape index (κ2) is 5.39. The van der Waals surface area contributed by atoms with Crippen LogP contribution < -0.4 is 10.2 Å². The number of hydrogen-bond acceptors (Lipinski definition) is 5. The fraction of sp³-hybridized carbons (Fsp3) is 0.636. The summed E-state index contributed by atoms with van der Waals surface area (Å²) in [6, 6.07) is 2.60. The quantitative estimate of drug-likeness (QED) is 0.870. The van der Waals surface area contributed by atoms with E-state index < -0.39 is 0 Å². The third kappa shape index (κ3) is 2.58. The normalized spacial score (nSPS) is 20.9. The Kier molecular flexibility index (Phi) is 3.88. The van der Waals surface area contributed by atoms with E-state index in [0.29, 0.717) is 6.04 Å². The molecule has 5 heteroatoms. The fourth-order valence-corrected chi connectivity index (χ4v) is 2.86. The van der Waals surface area contributed by atoms with Crippen LogP contribution in [0, 0.1) is 0 Å². The average Bonchev–Trinajstić information content (AvgIpc) is 2.30. The largest absolute Gasteiger partial charge is 0.370 e. The van der Waals surface area contributed by atoms with Gasteiger partial charge in [0.2, 0.25) is 0 Å². The summed E-state index contributed by atoms with van der Waals surface area (Å²) < 4.78 is 0. The number of aromatic nitrogens is 2. The van der Waals surface area contributed by atoms with E-state index in [2.05, 4.69) is 34.0 Å². The van der Waals surface area contributed by atoms with Crippen LogP contribution in [0.1, 0.15) is 13.8 Å². The number of hydrogen-bond donors (Lipinski definition) is 1. The summed E-state index contributed by atoms with van der Waals surface area (Å²) in [7, 11) is 0. The molecule has 16 heavy (non-hydrogen) atoms. The summed E-state index contributed by atoms with van der Waals surface area (Å²) in [6.07, 6.45) is 1.64. The molecule has 4 nitrogen and oxygen atoms in total. The van der Waals surface area contributed by atoms with Gasteiger partial charge in [-0.2, -0.15) is 11.8 Å². The van der Waals surface area contributed by atoms with Crippen molar-refractivity contribution in [3.63, 3.8) is 0 Å². The first kappa shape index (κ1) is 11.5. The van der Waals surface area contributed by atoms with E-state index in [1.165, 1.54) is 11.5 Å². The number of thioether (sulfide) groups is 1. The van der Waals surface area contributed by atoms with Crippen molar-refractivity contribution in [2.24, 2.45) is 0 Å². The SMILES string of the molecule is CCNc1cc(N2CCSCC2C)ncn1. The summed E-state index contributed by atoms with van der Waals surface area (Å²) in [5.74, 6) is 4.32. The predicted molar refractivity (Wildman–Crippen MR) is 70.3 cm³/mol. The van der Waals surface area contributed by atoms with Gasteiger partial charge in [-0.1, -0.05) is 0 Å². The van der Waals surface area contributed by atoms with Gasteiger partial charge in [-0.3, -0.25) is 0 Å². The molecule has 1 unspecified atom stereocenters. The van der Waals surface area contributed by atoms with Crippen LogP contribution >= 0.6 is 11.8 Å². The maximum absolute atomic E-state index is 4.36. The molecular formula is C11H18N4S. The Balaban J connectivity index is 2.15. The standard InChI is InChI=1S/C11H18N4S/c1-3-12-10-6-11(14-8-13-10)15-4-5-16-7-9(15)2/h6,8-9H,3-5,7H2,1-2H3,(H,12,13,14). The molecule has 1 atom stereocenters. The van der Waals surface area contributed by atoms with Crippen LogP contribution in [0.2, 0.25) is 0 Å². The van der Waals surface area contributed by atoms with E-state index >= 15 is 0 Å². The smallest absolute Gasteiger partial charge is 0.134 e. The van der Waals surface area contributed by atoms with Crippen LogP contribution in [-0.2, 0) is 0 Å². The second-order valence-electron chi connectivity index (χ2n) is 3.91. The molecule has 0 aromatic carbocycles. The van der Waals surface area contributed by atoms with Gasteiger partial charge in [0.15, 0.2) is 0 Å². The van der Waals surface area contributed by atoms with Crippen molar-refractivity contribution < 1.29 is 0 Å². The van der Waals surface area contributed by atoms with Gasteiger partial charge in [0.05, 0.1) is 0 Å². The minimum atomic E-state index is 0.558. The molecule has 1 fully saturated rings. The summed E-state index contributed by atoms with van der Waals surface area (Å²) in [5, 5.41) is 3.22. The molecule has 1 aromatic heterocycles. The molecule has 2 heterocycles. The Morgan fingerprint density at radius 2 is 2.44 bits per heavy atom. The second-order valence-corrected chi connectivity index (χ2v) is 5.06. The molecule has 2 rings (SSSR count).